The number of hydrogen-bond acceptors (Lipinski definition) is 2. The molecule has 1 atom stereocenters. The highest BCUT2D eigenvalue weighted by Crippen LogP contribution is 2.24. The molecule has 0 aromatic heterocycles. The van der Waals surface area contributed by atoms with Gasteiger partial charge in [0, 0.05) is 31.8 Å². The van der Waals surface area contributed by atoms with Crippen LogP contribution in [0.3, 0.4) is 0 Å². The number of benzene rings is 1. The summed E-state index contributed by atoms with van der Waals surface area (Å²) in [5, 5.41) is 3.28. The van der Waals surface area contributed by atoms with Crippen LogP contribution in [0.4, 0.5) is 4.79 Å². The van der Waals surface area contributed by atoms with E-state index in [-0.39, 0.29) is 12.1 Å². The molecule has 3 rings (SSSR count). The molecule has 0 unspecified atom stereocenters. The first-order chi connectivity index (χ1) is 11.8. The second kappa shape index (κ2) is 9.07. The predicted octanol–water partition coefficient (Wildman–Crippen LogP) is 4.10. The van der Waals surface area contributed by atoms with Crippen molar-refractivity contribution >= 4 is 6.03 Å². The summed E-state index contributed by atoms with van der Waals surface area (Å²) in [6.07, 6.45) is 9.03. The van der Waals surface area contributed by atoms with Crippen LogP contribution in [-0.2, 0) is 11.3 Å². The van der Waals surface area contributed by atoms with Crippen LogP contribution in [0, 0.1) is 0 Å². The van der Waals surface area contributed by atoms with Gasteiger partial charge in [-0.05, 0) is 37.7 Å². The summed E-state index contributed by atoms with van der Waals surface area (Å²) >= 11 is 0. The number of rotatable bonds is 4. The molecule has 1 aliphatic carbocycles. The standard InChI is InChI=1S/C20H30N2O2/c23-20(21-18-10-7-14-24-15-13-18)22(19-11-5-2-6-12-19)16-17-8-3-1-4-9-17/h1,3-4,8-9,18-19H,2,5-7,10-16H2,(H,21,23)/t18-/m0/s1. The number of nitrogens with zero attached hydrogens (tertiary/aromatic N) is 1. The number of carbonyl (C=O) groups excluding carboxylic acids is 1. The first kappa shape index (κ1) is 17.3. The summed E-state index contributed by atoms with van der Waals surface area (Å²) in [6, 6.07) is 11.1. The van der Waals surface area contributed by atoms with E-state index in [0.29, 0.717) is 12.6 Å². The predicted molar refractivity (Wildman–Crippen MR) is 95.8 cm³/mol. The summed E-state index contributed by atoms with van der Waals surface area (Å²) < 4.78 is 5.51. The third-order valence-electron chi connectivity index (χ3n) is 5.25. The Balaban J connectivity index is 1.66. The molecule has 4 nitrogen and oxygen atoms in total. The molecule has 2 aliphatic rings. The van der Waals surface area contributed by atoms with Gasteiger partial charge in [0.1, 0.15) is 0 Å². The van der Waals surface area contributed by atoms with Gasteiger partial charge in [0.2, 0.25) is 0 Å². The fraction of sp³-hybridized carbons (Fsp3) is 0.650. The molecular formula is C20H30N2O2. The Kier molecular flexibility index (Phi) is 6.53. The number of carbonyl (C=O) groups is 1. The highest BCUT2D eigenvalue weighted by molar-refractivity contribution is 5.75. The van der Waals surface area contributed by atoms with Crippen molar-refractivity contribution in [2.45, 2.75) is 70.0 Å². The summed E-state index contributed by atoms with van der Waals surface area (Å²) in [5.74, 6) is 0. The molecule has 1 saturated carbocycles. The van der Waals surface area contributed by atoms with Crippen LogP contribution in [-0.4, -0.2) is 36.2 Å². The van der Waals surface area contributed by atoms with Crippen LogP contribution in [0.5, 0.6) is 0 Å². The zero-order valence-corrected chi connectivity index (χ0v) is 14.6. The molecule has 1 saturated heterocycles. The largest absolute Gasteiger partial charge is 0.381 e. The van der Waals surface area contributed by atoms with E-state index in [2.05, 4.69) is 34.5 Å². The van der Waals surface area contributed by atoms with Crippen molar-refractivity contribution < 1.29 is 9.53 Å². The van der Waals surface area contributed by atoms with Crippen LogP contribution in [0.1, 0.15) is 56.9 Å². The first-order valence-corrected chi connectivity index (χ1v) is 9.52. The summed E-state index contributed by atoms with van der Waals surface area (Å²) in [5.41, 5.74) is 1.21. The molecule has 1 aromatic rings. The van der Waals surface area contributed by atoms with Gasteiger partial charge in [-0.2, -0.15) is 0 Å². The molecule has 2 amide bonds. The van der Waals surface area contributed by atoms with Crippen LogP contribution in [0.25, 0.3) is 0 Å². The number of ether oxygens (including phenoxy) is 1. The average molecular weight is 330 g/mol. The zero-order valence-electron chi connectivity index (χ0n) is 14.6. The maximum atomic E-state index is 13.0. The van der Waals surface area contributed by atoms with Crippen LogP contribution in [0.15, 0.2) is 30.3 Å². The molecule has 24 heavy (non-hydrogen) atoms. The van der Waals surface area contributed by atoms with Gasteiger partial charge < -0.3 is 15.0 Å². The van der Waals surface area contributed by atoms with Crippen molar-refractivity contribution in [2.24, 2.45) is 0 Å². The van der Waals surface area contributed by atoms with Gasteiger partial charge in [0.05, 0.1) is 0 Å². The molecule has 132 valence electrons. The Morgan fingerprint density at radius 3 is 2.58 bits per heavy atom. The molecule has 0 radical (unpaired) electrons. The van der Waals surface area contributed by atoms with E-state index >= 15 is 0 Å². The Morgan fingerprint density at radius 1 is 1.00 bits per heavy atom. The lowest BCUT2D eigenvalue weighted by atomic mass is 9.94. The summed E-state index contributed by atoms with van der Waals surface area (Å²) in [6.45, 7) is 2.29. The Morgan fingerprint density at radius 2 is 1.79 bits per heavy atom. The minimum atomic E-state index is 0.109. The lowest BCUT2D eigenvalue weighted by molar-refractivity contribution is 0.138. The first-order valence-electron chi connectivity index (χ1n) is 9.52. The fourth-order valence-electron chi connectivity index (χ4n) is 3.85. The summed E-state index contributed by atoms with van der Waals surface area (Å²) in [4.78, 5) is 15.1. The average Bonchev–Trinajstić information content (AvgIpc) is 2.90. The molecule has 2 fully saturated rings. The molecule has 4 heteroatoms. The quantitative estimate of drug-likeness (QED) is 0.903. The summed E-state index contributed by atoms with van der Waals surface area (Å²) in [7, 11) is 0. The van der Waals surface area contributed by atoms with E-state index < -0.39 is 0 Å². The normalized spacial score (nSPS) is 22.6. The van der Waals surface area contributed by atoms with E-state index in [0.717, 1.165) is 45.3 Å². The van der Waals surface area contributed by atoms with E-state index in [9.17, 15) is 4.79 Å². The topological polar surface area (TPSA) is 41.6 Å². The van der Waals surface area contributed by atoms with Crippen molar-refractivity contribution in [1.82, 2.24) is 10.2 Å². The second-order valence-electron chi connectivity index (χ2n) is 7.10. The minimum absolute atomic E-state index is 0.109. The Hall–Kier alpha value is -1.55. The Labute approximate surface area is 145 Å². The SMILES string of the molecule is O=C(N[C@H]1CCCOCC1)N(Cc1ccccc1)C1CCCCC1. The van der Waals surface area contributed by atoms with Gasteiger partial charge in [-0.3, -0.25) is 0 Å². The smallest absolute Gasteiger partial charge is 0.318 e. The molecule has 1 N–H and O–H groups in total. The molecule has 1 heterocycles. The van der Waals surface area contributed by atoms with Gasteiger partial charge >= 0.3 is 6.03 Å². The highest BCUT2D eigenvalue weighted by Gasteiger charge is 2.27. The van der Waals surface area contributed by atoms with Crippen molar-refractivity contribution in [3.63, 3.8) is 0 Å². The van der Waals surface area contributed by atoms with Crippen molar-refractivity contribution in [2.75, 3.05) is 13.2 Å². The third kappa shape index (κ3) is 4.97. The molecule has 0 bridgehead atoms. The maximum absolute atomic E-state index is 13.0. The monoisotopic (exact) mass is 330 g/mol. The van der Waals surface area contributed by atoms with Crippen molar-refractivity contribution in [1.29, 1.82) is 0 Å². The zero-order chi connectivity index (χ0) is 16.6. The van der Waals surface area contributed by atoms with Gasteiger partial charge in [0.15, 0.2) is 0 Å². The minimum Gasteiger partial charge on any atom is -0.381 e. The van der Waals surface area contributed by atoms with Crippen molar-refractivity contribution in [3.8, 4) is 0 Å². The van der Waals surface area contributed by atoms with E-state index in [1.807, 2.05) is 6.07 Å². The molecular weight excluding hydrogens is 300 g/mol. The Bertz CT molecular complexity index is 492. The maximum Gasteiger partial charge on any atom is 0.318 e. The number of hydrogen-bond donors (Lipinski definition) is 1. The van der Waals surface area contributed by atoms with Gasteiger partial charge in [-0.25, -0.2) is 4.79 Å². The van der Waals surface area contributed by atoms with Gasteiger partial charge in [-0.1, -0.05) is 49.6 Å². The van der Waals surface area contributed by atoms with Gasteiger partial charge in [-0.15, -0.1) is 0 Å². The van der Waals surface area contributed by atoms with E-state index in [1.165, 1.54) is 24.8 Å². The molecule has 1 aromatic carbocycles. The van der Waals surface area contributed by atoms with E-state index in [4.69, 9.17) is 4.74 Å². The lowest BCUT2D eigenvalue weighted by Gasteiger charge is -2.35. The van der Waals surface area contributed by atoms with Crippen molar-refractivity contribution in [3.05, 3.63) is 35.9 Å². The number of amides is 2. The number of urea groups is 1. The van der Waals surface area contributed by atoms with E-state index in [1.54, 1.807) is 0 Å². The molecule has 1 aliphatic heterocycles. The second-order valence-corrected chi connectivity index (χ2v) is 7.10. The third-order valence-corrected chi connectivity index (χ3v) is 5.25. The van der Waals surface area contributed by atoms with Crippen LogP contribution < -0.4 is 5.32 Å². The van der Waals surface area contributed by atoms with Crippen LogP contribution >= 0.6 is 0 Å². The van der Waals surface area contributed by atoms with Gasteiger partial charge in [0.25, 0.3) is 0 Å². The van der Waals surface area contributed by atoms with Crippen LogP contribution in [0.2, 0.25) is 0 Å². The lowest BCUT2D eigenvalue weighted by Crippen LogP contribution is -2.49. The number of nitrogens with one attached hydrogen (secondary N) is 1. The fourth-order valence-corrected chi connectivity index (χ4v) is 3.85. The molecule has 0 spiro atoms. The highest BCUT2D eigenvalue weighted by atomic mass is 16.5.